The maximum Gasteiger partial charge on any atom is 0.228 e. The van der Waals surface area contributed by atoms with Gasteiger partial charge in [-0.15, -0.1) is 0 Å². The molecule has 2 aromatic heterocycles. The molecule has 1 aliphatic rings. The maximum atomic E-state index is 13.1. The lowest BCUT2D eigenvalue weighted by molar-refractivity contribution is -0.121. The van der Waals surface area contributed by atoms with Gasteiger partial charge in [-0.3, -0.25) is 14.5 Å². The number of nitrogens with zero attached hydrogens (tertiary/aromatic N) is 4. The van der Waals surface area contributed by atoms with E-state index in [-0.39, 0.29) is 17.6 Å². The third-order valence-electron chi connectivity index (χ3n) is 5.86. The van der Waals surface area contributed by atoms with Gasteiger partial charge in [0, 0.05) is 41.3 Å². The fraction of sp³-hybridized carbons (Fsp3) is 0.333. The number of carbonyl (C=O) groups is 2. The number of amides is 1. The topological polar surface area (TPSA) is 91.0 Å². The van der Waals surface area contributed by atoms with Crippen molar-refractivity contribution in [2.24, 2.45) is 5.92 Å². The molecule has 3 heterocycles. The van der Waals surface area contributed by atoms with Crippen LogP contribution in [0.1, 0.15) is 29.6 Å². The van der Waals surface area contributed by atoms with E-state index in [1.54, 1.807) is 12.1 Å². The van der Waals surface area contributed by atoms with Gasteiger partial charge in [-0.1, -0.05) is 29.8 Å². The third kappa shape index (κ3) is 4.98. The minimum atomic E-state index is -0.105. The molecule has 0 radical (unpaired) electrons. The molecule has 0 atom stereocenters. The highest BCUT2D eigenvalue weighted by atomic mass is 35.5. The van der Waals surface area contributed by atoms with Crippen LogP contribution in [0.2, 0.25) is 5.02 Å². The molecule has 1 fully saturated rings. The van der Waals surface area contributed by atoms with Crippen LogP contribution in [-0.4, -0.2) is 45.8 Å². The summed E-state index contributed by atoms with van der Waals surface area (Å²) in [6, 6.07) is 13.3. The second kappa shape index (κ2) is 9.94. The van der Waals surface area contributed by atoms with Crippen LogP contribution in [0.15, 0.2) is 48.8 Å². The number of halogens is 1. The van der Waals surface area contributed by atoms with E-state index in [4.69, 9.17) is 16.9 Å². The number of aryl methyl sites for hydroxylation is 1. The summed E-state index contributed by atoms with van der Waals surface area (Å²) in [7, 11) is 0. The molecule has 8 heteroatoms. The summed E-state index contributed by atoms with van der Waals surface area (Å²) in [4.78, 5) is 31.8. The van der Waals surface area contributed by atoms with Crippen molar-refractivity contribution in [1.82, 2.24) is 14.5 Å². The SMILES string of the molecule is N#CCCn1cc(C(=O)CN2CCC(C(=O)Nc3ccc(Cl)cn3)CC2)c2ccccc21. The van der Waals surface area contributed by atoms with Gasteiger partial charge >= 0.3 is 0 Å². The Morgan fingerprint density at radius 1 is 1.19 bits per heavy atom. The first kappa shape index (κ1) is 22.0. The second-order valence-electron chi connectivity index (χ2n) is 7.99. The summed E-state index contributed by atoms with van der Waals surface area (Å²) in [5, 5.41) is 13.2. The molecule has 3 aromatic rings. The number of benzene rings is 1. The van der Waals surface area contributed by atoms with Crippen LogP contribution in [0.4, 0.5) is 5.82 Å². The number of fused-ring (bicyclic) bond motifs is 1. The first-order chi connectivity index (χ1) is 15.5. The smallest absolute Gasteiger partial charge is 0.228 e. The summed E-state index contributed by atoms with van der Waals surface area (Å²) in [6.45, 7) is 2.25. The van der Waals surface area contributed by atoms with Crippen molar-refractivity contribution in [3.63, 3.8) is 0 Å². The number of ketones is 1. The Kier molecular flexibility index (Phi) is 6.84. The summed E-state index contributed by atoms with van der Waals surface area (Å²) in [5.74, 6) is 0.396. The molecule has 1 amide bonds. The van der Waals surface area contributed by atoms with Crippen LogP contribution in [0.3, 0.4) is 0 Å². The third-order valence-corrected chi connectivity index (χ3v) is 6.08. The first-order valence-corrected chi connectivity index (χ1v) is 11.1. The van der Waals surface area contributed by atoms with Crippen LogP contribution in [0.25, 0.3) is 10.9 Å². The standard InChI is InChI=1S/C24H24ClN5O2/c25-18-6-7-23(27-14-18)28-24(32)17-8-12-29(13-9-17)16-22(31)20-15-30(11-3-10-26)21-5-2-1-4-19(20)21/h1-2,4-7,14-15,17H,3,8-9,11-13,16H2,(H,27,28,32). The highest BCUT2D eigenvalue weighted by molar-refractivity contribution is 6.30. The Hall–Kier alpha value is -3.21. The Balaban J connectivity index is 1.35. The quantitative estimate of drug-likeness (QED) is 0.547. The lowest BCUT2D eigenvalue weighted by atomic mass is 9.95. The first-order valence-electron chi connectivity index (χ1n) is 10.7. The van der Waals surface area contributed by atoms with Crippen molar-refractivity contribution in [2.75, 3.05) is 25.0 Å². The number of nitrogens with one attached hydrogen (secondary N) is 1. The van der Waals surface area contributed by atoms with E-state index in [0.29, 0.717) is 61.8 Å². The van der Waals surface area contributed by atoms with Gasteiger partial charge < -0.3 is 9.88 Å². The number of Topliss-reactive ketones (excluding diaryl/α,β-unsaturated/α-hetero) is 1. The van der Waals surface area contributed by atoms with E-state index >= 15 is 0 Å². The predicted octanol–water partition coefficient (Wildman–Crippen LogP) is 4.14. The van der Waals surface area contributed by atoms with E-state index in [9.17, 15) is 9.59 Å². The molecule has 1 saturated heterocycles. The number of nitriles is 1. The zero-order valence-corrected chi connectivity index (χ0v) is 18.4. The fourth-order valence-corrected chi connectivity index (χ4v) is 4.26. The Bertz CT molecular complexity index is 1160. The van der Waals surface area contributed by atoms with Crippen molar-refractivity contribution < 1.29 is 9.59 Å². The van der Waals surface area contributed by atoms with Gasteiger partial charge in [-0.2, -0.15) is 5.26 Å². The highest BCUT2D eigenvalue weighted by Gasteiger charge is 2.27. The molecular weight excluding hydrogens is 426 g/mol. The van der Waals surface area contributed by atoms with E-state index in [0.717, 1.165) is 10.9 Å². The maximum absolute atomic E-state index is 13.1. The number of hydrogen-bond donors (Lipinski definition) is 1. The van der Waals surface area contributed by atoms with Gasteiger partial charge in [0.15, 0.2) is 5.78 Å². The lowest BCUT2D eigenvalue weighted by Crippen LogP contribution is -2.40. The molecule has 1 aliphatic heterocycles. The second-order valence-corrected chi connectivity index (χ2v) is 8.42. The van der Waals surface area contributed by atoms with Crippen LogP contribution in [0, 0.1) is 17.2 Å². The molecule has 0 bridgehead atoms. The average molecular weight is 450 g/mol. The van der Waals surface area contributed by atoms with Gasteiger partial charge in [0.1, 0.15) is 5.82 Å². The van der Waals surface area contributed by atoms with Gasteiger partial charge in [-0.25, -0.2) is 4.98 Å². The number of likely N-dealkylation sites (tertiary alicyclic amines) is 1. The van der Waals surface area contributed by atoms with Crippen molar-refractivity contribution in [1.29, 1.82) is 5.26 Å². The zero-order valence-electron chi connectivity index (χ0n) is 17.6. The molecule has 1 N–H and O–H groups in total. The van der Waals surface area contributed by atoms with Crippen LogP contribution in [0.5, 0.6) is 0 Å². The highest BCUT2D eigenvalue weighted by Crippen LogP contribution is 2.24. The van der Waals surface area contributed by atoms with Crippen molar-refractivity contribution in [3.8, 4) is 6.07 Å². The van der Waals surface area contributed by atoms with Gasteiger partial charge in [-0.05, 0) is 44.1 Å². The van der Waals surface area contributed by atoms with Crippen LogP contribution < -0.4 is 5.32 Å². The fourth-order valence-electron chi connectivity index (χ4n) is 4.14. The Morgan fingerprint density at radius 3 is 2.69 bits per heavy atom. The molecule has 164 valence electrons. The lowest BCUT2D eigenvalue weighted by Gasteiger charge is -2.30. The average Bonchev–Trinajstić information content (AvgIpc) is 3.18. The van der Waals surface area contributed by atoms with Crippen molar-refractivity contribution >= 4 is 40.0 Å². The molecule has 0 saturated carbocycles. The molecule has 32 heavy (non-hydrogen) atoms. The van der Waals surface area contributed by atoms with Crippen LogP contribution in [-0.2, 0) is 11.3 Å². The summed E-state index contributed by atoms with van der Waals surface area (Å²) in [6.07, 6.45) is 5.15. The van der Waals surface area contributed by atoms with E-state index in [1.165, 1.54) is 6.20 Å². The number of anilines is 1. The minimum absolute atomic E-state index is 0.0497. The van der Waals surface area contributed by atoms with E-state index < -0.39 is 0 Å². The predicted molar refractivity (Wildman–Crippen MR) is 124 cm³/mol. The Morgan fingerprint density at radius 2 is 1.97 bits per heavy atom. The molecular formula is C24H24ClN5O2. The number of piperidine rings is 1. The summed E-state index contributed by atoms with van der Waals surface area (Å²) < 4.78 is 1.98. The molecule has 7 nitrogen and oxygen atoms in total. The van der Waals surface area contributed by atoms with Crippen molar-refractivity contribution in [3.05, 3.63) is 59.4 Å². The van der Waals surface area contributed by atoms with Crippen molar-refractivity contribution in [2.45, 2.75) is 25.8 Å². The number of para-hydroxylation sites is 1. The molecule has 0 aliphatic carbocycles. The van der Waals surface area contributed by atoms with Gasteiger partial charge in [0.05, 0.1) is 24.1 Å². The van der Waals surface area contributed by atoms with E-state index in [2.05, 4.69) is 21.3 Å². The minimum Gasteiger partial charge on any atom is -0.346 e. The normalized spacial score (nSPS) is 14.9. The summed E-state index contributed by atoms with van der Waals surface area (Å²) >= 11 is 5.83. The number of aromatic nitrogens is 2. The van der Waals surface area contributed by atoms with Crippen LogP contribution >= 0.6 is 11.6 Å². The van der Waals surface area contributed by atoms with Gasteiger partial charge in [0.25, 0.3) is 0 Å². The number of rotatable bonds is 7. The number of pyridine rings is 1. The largest absolute Gasteiger partial charge is 0.346 e. The number of carbonyl (C=O) groups excluding carboxylic acids is 2. The van der Waals surface area contributed by atoms with Gasteiger partial charge in [0.2, 0.25) is 5.91 Å². The molecule has 0 spiro atoms. The van der Waals surface area contributed by atoms with E-state index in [1.807, 2.05) is 35.0 Å². The monoisotopic (exact) mass is 449 g/mol. The Labute approximate surface area is 191 Å². The summed E-state index contributed by atoms with van der Waals surface area (Å²) in [5.41, 5.74) is 1.66. The zero-order chi connectivity index (χ0) is 22.5. The molecule has 0 unspecified atom stereocenters. The molecule has 4 rings (SSSR count). The molecule has 1 aromatic carbocycles. The number of hydrogen-bond acceptors (Lipinski definition) is 5.